The zero-order chi connectivity index (χ0) is 18.5. The molecule has 132 valence electrons. The van der Waals surface area contributed by atoms with Crippen molar-refractivity contribution in [2.45, 2.75) is 6.92 Å². The topological polar surface area (TPSA) is 61.8 Å². The number of esters is 2. The summed E-state index contributed by atoms with van der Waals surface area (Å²) in [6.07, 6.45) is 0. The molecule has 0 unspecified atom stereocenters. The summed E-state index contributed by atoms with van der Waals surface area (Å²) in [5.41, 5.74) is 0.781. The third kappa shape index (κ3) is 3.52. The molecule has 0 heterocycles. The van der Waals surface area contributed by atoms with Crippen LogP contribution >= 0.6 is 0 Å². The highest BCUT2D eigenvalue weighted by atomic mass is 16.6. The zero-order valence-electron chi connectivity index (χ0n) is 14.5. The van der Waals surface area contributed by atoms with E-state index in [0.717, 1.165) is 10.8 Å². The first-order valence-electron chi connectivity index (χ1n) is 8.19. The van der Waals surface area contributed by atoms with Crippen molar-refractivity contribution >= 4 is 22.7 Å². The molecule has 0 fully saturated rings. The lowest BCUT2D eigenvalue weighted by atomic mass is 10.0. The standard InChI is InChI=1S/C21H18O5/c1-3-25-19-13-15(20(22)24-2)11-12-18(19)26-21(23)17-10-6-8-14-7-4-5-9-16(14)17/h4-13H,3H2,1-2H3. The van der Waals surface area contributed by atoms with E-state index in [1.165, 1.54) is 25.3 Å². The molecule has 26 heavy (non-hydrogen) atoms. The van der Waals surface area contributed by atoms with E-state index in [1.54, 1.807) is 13.0 Å². The predicted octanol–water partition coefficient (Wildman–Crippen LogP) is 4.24. The summed E-state index contributed by atoms with van der Waals surface area (Å²) >= 11 is 0. The second kappa shape index (κ2) is 7.70. The second-order valence-electron chi connectivity index (χ2n) is 5.50. The van der Waals surface area contributed by atoms with Gasteiger partial charge < -0.3 is 14.2 Å². The van der Waals surface area contributed by atoms with Crippen molar-refractivity contribution in [3.05, 3.63) is 71.8 Å². The van der Waals surface area contributed by atoms with Crippen molar-refractivity contribution in [1.29, 1.82) is 0 Å². The number of carbonyl (C=O) groups is 2. The smallest absolute Gasteiger partial charge is 0.344 e. The van der Waals surface area contributed by atoms with Crippen molar-refractivity contribution in [3.8, 4) is 11.5 Å². The summed E-state index contributed by atoms with van der Waals surface area (Å²) in [5.74, 6) is -0.423. The molecule has 0 bridgehead atoms. The quantitative estimate of drug-likeness (QED) is 0.509. The first-order chi connectivity index (χ1) is 12.6. The molecule has 0 aromatic heterocycles. The monoisotopic (exact) mass is 350 g/mol. The molecule has 3 aromatic rings. The Hall–Kier alpha value is -3.34. The molecule has 0 atom stereocenters. The number of hydrogen-bond acceptors (Lipinski definition) is 5. The van der Waals surface area contributed by atoms with Crippen molar-refractivity contribution < 1.29 is 23.8 Å². The van der Waals surface area contributed by atoms with E-state index in [-0.39, 0.29) is 5.75 Å². The summed E-state index contributed by atoms with van der Waals surface area (Å²) in [4.78, 5) is 24.4. The van der Waals surface area contributed by atoms with Gasteiger partial charge >= 0.3 is 11.9 Å². The first kappa shape index (κ1) is 17.5. The van der Waals surface area contributed by atoms with Crippen LogP contribution in [0.1, 0.15) is 27.6 Å². The summed E-state index contributed by atoms with van der Waals surface area (Å²) in [7, 11) is 1.30. The molecular formula is C21H18O5. The minimum absolute atomic E-state index is 0.248. The molecule has 5 heteroatoms. The van der Waals surface area contributed by atoms with Gasteiger partial charge in [0, 0.05) is 0 Å². The fraction of sp³-hybridized carbons (Fsp3) is 0.143. The van der Waals surface area contributed by atoms with Crippen molar-refractivity contribution in [1.82, 2.24) is 0 Å². The Kier molecular flexibility index (Phi) is 5.17. The van der Waals surface area contributed by atoms with E-state index < -0.39 is 11.9 Å². The Morgan fingerprint density at radius 2 is 1.65 bits per heavy atom. The van der Waals surface area contributed by atoms with Crippen LogP contribution in [0, 0.1) is 0 Å². The molecule has 0 saturated heterocycles. The van der Waals surface area contributed by atoms with Gasteiger partial charge in [-0.2, -0.15) is 0 Å². The van der Waals surface area contributed by atoms with Gasteiger partial charge in [0.2, 0.25) is 0 Å². The van der Waals surface area contributed by atoms with Crippen LogP contribution in [0.15, 0.2) is 60.7 Å². The Morgan fingerprint density at radius 3 is 2.42 bits per heavy atom. The molecule has 0 aliphatic carbocycles. The van der Waals surface area contributed by atoms with Gasteiger partial charge in [-0.1, -0.05) is 36.4 Å². The number of hydrogen-bond donors (Lipinski definition) is 0. The summed E-state index contributed by atoms with van der Waals surface area (Å²) < 4.78 is 15.8. The first-order valence-corrected chi connectivity index (χ1v) is 8.19. The van der Waals surface area contributed by atoms with Crippen LogP contribution in [0.5, 0.6) is 11.5 Å². The average molecular weight is 350 g/mol. The molecular weight excluding hydrogens is 332 g/mol. The van der Waals surface area contributed by atoms with Crippen molar-refractivity contribution in [3.63, 3.8) is 0 Å². The highest BCUT2D eigenvalue weighted by Gasteiger charge is 2.17. The van der Waals surface area contributed by atoms with Crippen LogP contribution in [-0.2, 0) is 4.74 Å². The largest absolute Gasteiger partial charge is 0.490 e. The lowest BCUT2D eigenvalue weighted by Gasteiger charge is -2.12. The molecule has 3 rings (SSSR count). The number of methoxy groups -OCH3 is 1. The number of ether oxygens (including phenoxy) is 3. The highest BCUT2D eigenvalue weighted by molar-refractivity contribution is 6.05. The fourth-order valence-electron chi connectivity index (χ4n) is 2.66. The summed E-state index contributed by atoms with van der Waals surface area (Å²) in [6.45, 7) is 2.17. The summed E-state index contributed by atoms with van der Waals surface area (Å²) in [6, 6.07) is 17.6. The van der Waals surface area contributed by atoms with E-state index in [2.05, 4.69) is 0 Å². The number of carbonyl (C=O) groups excluding carboxylic acids is 2. The molecule has 0 saturated carbocycles. The summed E-state index contributed by atoms with van der Waals surface area (Å²) in [5, 5.41) is 1.76. The fourth-order valence-corrected chi connectivity index (χ4v) is 2.66. The number of benzene rings is 3. The zero-order valence-corrected chi connectivity index (χ0v) is 14.5. The van der Waals surface area contributed by atoms with Crippen LogP contribution in [-0.4, -0.2) is 25.7 Å². The molecule has 3 aromatic carbocycles. The molecule has 0 N–H and O–H groups in total. The van der Waals surface area contributed by atoms with E-state index >= 15 is 0 Å². The van der Waals surface area contributed by atoms with Gasteiger partial charge in [0.25, 0.3) is 0 Å². The lowest BCUT2D eigenvalue weighted by Crippen LogP contribution is -2.11. The van der Waals surface area contributed by atoms with Gasteiger partial charge in [-0.05, 0) is 42.0 Å². The highest BCUT2D eigenvalue weighted by Crippen LogP contribution is 2.30. The second-order valence-corrected chi connectivity index (χ2v) is 5.50. The van der Waals surface area contributed by atoms with Crippen molar-refractivity contribution in [2.75, 3.05) is 13.7 Å². The third-order valence-electron chi connectivity index (χ3n) is 3.88. The molecule has 0 aliphatic rings. The molecule has 0 amide bonds. The maximum Gasteiger partial charge on any atom is 0.344 e. The van der Waals surface area contributed by atoms with Gasteiger partial charge in [0.1, 0.15) is 0 Å². The molecule has 0 aliphatic heterocycles. The molecule has 5 nitrogen and oxygen atoms in total. The van der Waals surface area contributed by atoms with Gasteiger partial charge in [0.05, 0.1) is 24.8 Å². The van der Waals surface area contributed by atoms with Gasteiger partial charge in [0.15, 0.2) is 11.5 Å². The Morgan fingerprint density at radius 1 is 0.885 bits per heavy atom. The molecule has 0 radical (unpaired) electrons. The normalized spacial score (nSPS) is 10.4. The predicted molar refractivity (Wildman–Crippen MR) is 97.9 cm³/mol. The Bertz CT molecular complexity index is 956. The van der Waals surface area contributed by atoms with Gasteiger partial charge in [-0.3, -0.25) is 0 Å². The maximum atomic E-state index is 12.7. The minimum atomic E-state index is -0.492. The van der Waals surface area contributed by atoms with Crippen LogP contribution < -0.4 is 9.47 Å². The number of rotatable bonds is 5. The Balaban J connectivity index is 1.94. The maximum absolute atomic E-state index is 12.7. The van der Waals surface area contributed by atoms with Crippen molar-refractivity contribution in [2.24, 2.45) is 0 Å². The van der Waals surface area contributed by atoms with Crippen LogP contribution in [0.25, 0.3) is 10.8 Å². The van der Waals surface area contributed by atoms with Crippen LogP contribution in [0.2, 0.25) is 0 Å². The van der Waals surface area contributed by atoms with Gasteiger partial charge in [-0.15, -0.1) is 0 Å². The van der Waals surface area contributed by atoms with Crippen LogP contribution in [0.3, 0.4) is 0 Å². The van der Waals surface area contributed by atoms with E-state index in [0.29, 0.717) is 23.5 Å². The minimum Gasteiger partial charge on any atom is -0.490 e. The van der Waals surface area contributed by atoms with Gasteiger partial charge in [-0.25, -0.2) is 9.59 Å². The van der Waals surface area contributed by atoms with Crippen LogP contribution in [0.4, 0.5) is 0 Å². The SMILES string of the molecule is CCOc1cc(C(=O)OC)ccc1OC(=O)c1cccc2ccccc12. The number of fused-ring (bicyclic) bond motifs is 1. The average Bonchev–Trinajstić information content (AvgIpc) is 2.68. The van der Waals surface area contributed by atoms with E-state index in [9.17, 15) is 9.59 Å². The lowest BCUT2D eigenvalue weighted by molar-refractivity contribution is 0.0600. The van der Waals surface area contributed by atoms with E-state index in [1.807, 2.05) is 36.4 Å². The third-order valence-corrected chi connectivity index (χ3v) is 3.88. The molecule has 0 spiro atoms. The van der Waals surface area contributed by atoms with E-state index in [4.69, 9.17) is 14.2 Å². The Labute approximate surface area is 151 Å².